The van der Waals surface area contributed by atoms with E-state index in [-0.39, 0.29) is 22.8 Å². The zero-order valence-corrected chi connectivity index (χ0v) is 11.7. The Morgan fingerprint density at radius 2 is 2.10 bits per heavy atom. The Balaban J connectivity index is 2.18. The van der Waals surface area contributed by atoms with E-state index in [0.717, 1.165) is 12.1 Å². The molecule has 0 bridgehead atoms. The van der Waals surface area contributed by atoms with Gasteiger partial charge in [0.25, 0.3) is 5.91 Å². The molecule has 0 saturated heterocycles. The summed E-state index contributed by atoms with van der Waals surface area (Å²) in [5.41, 5.74) is 0.434. The quantitative estimate of drug-likeness (QED) is 0.915. The van der Waals surface area contributed by atoms with Gasteiger partial charge in [-0.3, -0.25) is 4.79 Å². The van der Waals surface area contributed by atoms with Crippen LogP contribution in [0.1, 0.15) is 10.4 Å². The summed E-state index contributed by atoms with van der Waals surface area (Å²) >= 11 is 0. The third kappa shape index (κ3) is 3.63. The molecule has 0 spiro atoms. The van der Waals surface area contributed by atoms with Crippen molar-refractivity contribution in [2.45, 2.75) is 0 Å². The number of carbonyl (C=O) groups is 1. The Kier molecular flexibility index (Phi) is 4.64. The van der Waals surface area contributed by atoms with Crippen LogP contribution in [0.5, 0.6) is 0 Å². The summed E-state index contributed by atoms with van der Waals surface area (Å²) in [6.07, 6.45) is 1.25. The Labute approximate surface area is 120 Å². The number of nitrogens with one attached hydrogen (secondary N) is 1. The minimum absolute atomic E-state index is 0.108. The van der Waals surface area contributed by atoms with Crippen LogP contribution in [0.2, 0.25) is 0 Å². The molecule has 21 heavy (non-hydrogen) atoms. The number of benzene rings is 1. The molecule has 0 atom stereocenters. The summed E-state index contributed by atoms with van der Waals surface area (Å²) in [5.74, 6) is -2.24. The van der Waals surface area contributed by atoms with Crippen molar-refractivity contribution < 1.29 is 18.1 Å². The smallest absolute Gasteiger partial charge is 0.256 e. The first-order chi connectivity index (χ1) is 9.99. The molecular weight excluding hydrogens is 280 g/mol. The van der Waals surface area contributed by atoms with E-state index in [4.69, 9.17) is 4.52 Å². The van der Waals surface area contributed by atoms with Crippen LogP contribution < -0.4 is 5.32 Å². The molecule has 0 aliphatic carbocycles. The molecular formula is C14H15F2N3O2. The SMILES string of the molecule is CN(C)CCNC(=O)c1cnoc1-c1ccc(F)c(F)c1. The van der Waals surface area contributed by atoms with Gasteiger partial charge in [-0.25, -0.2) is 8.78 Å². The van der Waals surface area contributed by atoms with E-state index in [0.29, 0.717) is 13.1 Å². The van der Waals surface area contributed by atoms with Gasteiger partial charge in [0.1, 0.15) is 5.56 Å². The molecule has 112 valence electrons. The fourth-order valence-corrected chi connectivity index (χ4v) is 1.74. The summed E-state index contributed by atoms with van der Waals surface area (Å²) < 4.78 is 31.2. The third-order valence-corrected chi connectivity index (χ3v) is 2.84. The van der Waals surface area contributed by atoms with Gasteiger partial charge in [-0.05, 0) is 32.3 Å². The lowest BCUT2D eigenvalue weighted by Gasteiger charge is -2.10. The van der Waals surface area contributed by atoms with Gasteiger partial charge in [-0.15, -0.1) is 0 Å². The van der Waals surface area contributed by atoms with Crippen LogP contribution in [0.15, 0.2) is 28.9 Å². The molecule has 2 rings (SSSR count). The van der Waals surface area contributed by atoms with Gasteiger partial charge in [-0.1, -0.05) is 5.16 Å². The first-order valence-electron chi connectivity index (χ1n) is 6.32. The standard InChI is InChI=1S/C14H15F2N3O2/c1-19(2)6-5-17-14(20)10-8-18-21-13(10)9-3-4-11(15)12(16)7-9/h3-4,7-8H,5-6H2,1-2H3,(H,17,20). The molecule has 1 amide bonds. The fourth-order valence-electron chi connectivity index (χ4n) is 1.74. The van der Waals surface area contributed by atoms with Gasteiger partial charge in [0.2, 0.25) is 0 Å². The Hall–Kier alpha value is -2.28. The average Bonchev–Trinajstić information content (AvgIpc) is 2.90. The van der Waals surface area contributed by atoms with Crippen molar-refractivity contribution in [1.82, 2.24) is 15.4 Å². The topological polar surface area (TPSA) is 58.4 Å². The number of carbonyl (C=O) groups excluding carboxylic acids is 1. The van der Waals surface area contributed by atoms with Gasteiger partial charge >= 0.3 is 0 Å². The monoisotopic (exact) mass is 295 g/mol. The maximum Gasteiger partial charge on any atom is 0.256 e. The van der Waals surface area contributed by atoms with Gasteiger partial charge in [0, 0.05) is 18.7 Å². The molecule has 5 nitrogen and oxygen atoms in total. The molecule has 1 aromatic heterocycles. The van der Waals surface area contributed by atoms with Gasteiger partial charge in [0.15, 0.2) is 17.4 Å². The van der Waals surface area contributed by atoms with Crippen LogP contribution in [0.3, 0.4) is 0 Å². The van der Waals surface area contributed by atoms with E-state index in [1.165, 1.54) is 12.3 Å². The second-order valence-electron chi connectivity index (χ2n) is 4.76. The van der Waals surface area contributed by atoms with E-state index in [1.807, 2.05) is 19.0 Å². The van der Waals surface area contributed by atoms with E-state index >= 15 is 0 Å². The lowest BCUT2D eigenvalue weighted by molar-refractivity contribution is 0.0951. The zero-order valence-electron chi connectivity index (χ0n) is 11.7. The zero-order chi connectivity index (χ0) is 15.4. The highest BCUT2D eigenvalue weighted by Gasteiger charge is 2.18. The molecule has 2 aromatic rings. The second-order valence-corrected chi connectivity index (χ2v) is 4.76. The van der Waals surface area contributed by atoms with Crippen LogP contribution in [-0.2, 0) is 0 Å². The maximum atomic E-state index is 13.3. The highest BCUT2D eigenvalue weighted by atomic mass is 19.2. The van der Waals surface area contributed by atoms with E-state index in [9.17, 15) is 13.6 Å². The van der Waals surface area contributed by atoms with Crippen molar-refractivity contribution >= 4 is 5.91 Å². The Bertz CT molecular complexity index is 641. The summed E-state index contributed by atoms with van der Waals surface area (Å²) in [5, 5.41) is 6.26. The van der Waals surface area contributed by atoms with Crippen molar-refractivity contribution in [2.75, 3.05) is 27.2 Å². The largest absolute Gasteiger partial charge is 0.355 e. The van der Waals surface area contributed by atoms with Gasteiger partial charge < -0.3 is 14.7 Å². The molecule has 0 saturated carbocycles. The molecule has 0 aliphatic heterocycles. The predicted octanol–water partition coefficient (Wildman–Crippen LogP) is 1.91. The number of aromatic nitrogens is 1. The summed E-state index contributed by atoms with van der Waals surface area (Å²) in [4.78, 5) is 14.0. The van der Waals surface area contributed by atoms with Crippen molar-refractivity contribution in [3.8, 4) is 11.3 Å². The number of hydrogen-bond acceptors (Lipinski definition) is 4. The molecule has 0 radical (unpaired) electrons. The molecule has 1 aromatic carbocycles. The van der Waals surface area contributed by atoms with Crippen LogP contribution in [0, 0.1) is 11.6 Å². The van der Waals surface area contributed by atoms with Crippen LogP contribution in [0.25, 0.3) is 11.3 Å². The minimum Gasteiger partial charge on any atom is -0.355 e. The molecule has 0 aliphatic rings. The first-order valence-corrected chi connectivity index (χ1v) is 6.32. The third-order valence-electron chi connectivity index (χ3n) is 2.84. The molecule has 1 N–H and O–H groups in total. The maximum absolute atomic E-state index is 13.3. The number of halogens is 2. The predicted molar refractivity (Wildman–Crippen MR) is 72.7 cm³/mol. The number of rotatable bonds is 5. The number of amides is 1. The Morgan fingerprint density at radius 1 is 1.33 bits per heavy atom. The molecule has 0 fully saturated rings. The minimum atomic E-state index is -1.01. The second kappa shape index (κ2) is 6.45. The number of likely N-dealkylation sites (N-methyl/N-ethyl adjacent to an activating group) is 1. The molecule has 7 heteroatoms. The van der Waals surface area contributed by atoms with Gasteiger partial charge in [0.05, 0.1) is 6.20 Å². The summed E-state index contributed by atoms with van der Waals surface area (Å²) in [6, 6.07) is 3.27. The van der Waals surface area contributed by atoms with Crippen molar-refractivity contribution in [2.24, 2.45) is 0 Å². The van der Waals surface area contributed by atoms with E-state index < -0.39 is 11.6 Å². The number of hydrogen-bond donors (Lipinski definition) is 1. The number of nitrogens with zero attached hydrogens (tertiary/aromatic N) is 2. The first kappa shape index (κ1) is 15.1. The lowest BCUT2D eigenvalue weighted by Crippen LogP contribution is -2.31. The fraction of sp³-hybridized carbons (Fsp3) is 0.286. The summed E-state index contributed by atoms with van der Waals surface area (Å²) in [6.45, 7) is 1.13. The van der Waals surface area contributed by atoms with Gasteiger partial charge in [-0.2, -0.15) is 0 Å². The normalized spacial score (nSPS) is 10.9. The molecule has 0 unspecified atom stereocenters. The van der Waals surface area contributed by atoms with Crippen LogP contribution in [-0.4, -0.2) is 43.1 Å². The van der Waals surface area contributed by atoms with Crippen molar-refractivity contribution in [1.29, 1.82) is 0 Å². The highest BCUT2D eigenvalue weighted by molar-refractivity contribution is 5.99. The van der Waals surface area contributed by atoms with Crippen LogP contribution >= 0.6 is 0 Å². The van der Waals surface area contributed by atoms with E-state index in [1.54, 1.807) is 0 Å². The Morgan fingerprint density at radius 3 is 2.76 bits per heavy atom. The van der Waals surface area contributed by atoms with Crippen LogP contribution in [0.4, 0.5) is 8.78 Å². The highest BCUT2D eigenvalue weighted by Crippen LogP contribution is 2.25. The lowest BCUT2D eigenvalue weighted by atomic mass is 10.1. The molecule has 1 heterocycles. The average molecular weight is 295 g/mol. The van der Waals surface area contributed by atoms with Crippen molar-refractivity contribution in [3.63, 3.8) is 0 Å². The summed E-state index contributed by atoms with van der Waals surface area (Å²) in [7, 11) is 3.77. The van der Waals surface area contributed by atoms with Crippen molar-refractivity contribution in [3.05, 3.63) is 41.6 Å². The van der Waals surface area contributed by atoms with E-state index in [2.05, 4.69) is 10.5 Å².